The maximum absolute atomic E-state index is 14.2. The molecular formula is C27H36FN3O6S. The van der Waals surface area contributed by atoms with Gasteiger partial charge in [0.1, 0.15) is 11.4 Å². The van der Waals surface area contributed by atoms with Crippen molar-refractivity contribution >= 4 is 27.8 Å². The van der Waals surface area contributed by atoms with E-state index in [9.17, 15) is 22.4 Å². The fraction of sp³-hybridized carbons (Fsp3) is 0.481. The number of carbonyl (C=O) groups is 2. The SMILES string of the molecule is COC(=O)c1ccc(CCCS(=O)(=O)Nc2ccc(CN3CCN(C(=O)OC(C)(C)C)CC3)cc2)c(F)c1. The fourth-order valence-corrected chi connectivity index (χ4v) is 5.15. The number of sulfonamides is 1. The van der Waals surface area contributed by atoms with Crippen molar-refractivity contribution in [1.82, 2.24) is 9.80 Å². The van der Waals surface area contributed by atoms with E-state index >= 15 is 0 Å². The topological polar surface area (TPSA) is 105 Å². The molecule has 0 spiro atoms. The first kappa shape index (κ1) is 29.4. The molecule has 0 bridgehead atoms. The second-order valence-electron chi connectivity index (χ2n) is 10.3. The molecule has 1 N–H and O–H groups in total. The van der Waals surface area contributed by atoms with Crippen molar-refractivity contribution in [3.63, 3.8) is 0 Å². The number of benzene rings is 2. The normalized spacial score (nSPS) is 14.7. The van der Waals surface area contributed by atoms with Crippen molar-refractivity contribution in [3.05, 3.63) is 65.0 Å². The van der Waals surface area contributed by atoms with Crippen LogP contribution in [-0.2, 0) is 32.5 Å². The molecule has 0 aliphatic carbocycles. The highest BCUT2D eigenvalue weighted by atomic mass is 32.2. The summed E-state index contributed by atoms with van der Waals surface area (Å²) >= 11 is 0. The Kier molecular flexibility index (Phi) is 9.72. The van der Waals surface area contributed by atoms with Gasteiger partial charge >= 0.3 is 12.1 Å². The predicted molar refractivity (Wildman–Crippen MR) is 143 cm³/mol. The van der Waals surface area contributed by atoms with Crippen LogP contribution in [0.3, 0.4) is 0 Å². The van der Waals surface area contributed by atoms with Crippen molar-refractivity contribution in [3.8, 4) is 0 Å². The van der Waals surface area contributed by atoms with Crippen LogP contribution in [0.4, 0.5) is 14.9 Å². The molecule has 0 saturated carbocycles. The number of ether oxygens (including phenoxy) is 2. The maximum Gasteiger partial charge on any atom is 0.410 e. The zero-order chi connectivity index (χ0) is 27.9. The van der Waals surface area contributed by atoms with Crippen LogP contribution in [0.15, 0.2) is 42.5 Å². The summed E-state index contributed by atoms with van der Waals surface area (Å²) in [6, 6.07) is 11.2. The van der Waals surface area contributed by atoms with Crippen LogP contribution >= 0.6 is 0 Å². The number of esters is 1. The van der Waals surface area contributed by atoms with Gasteiger partial charge in [0.05, 0.1) is 18.4 Å². The number of piperazine rings is 1. The largest absolute Gasteiger partial charge is 0.465 e. The summed E-state index contributed by atoms with van der Waals surface area (Å²) in [5.74, 6) is -1.37. The number of hydrogen-bond donors (Lipinski definition) is 1. The van der Waals surface area contributed by atoms with Gasteiger partial charge in [-0.15, -0.1) is 0 Å². The van der Waals surface area contributed by atoms with Crippen molar-refractivity contribution in [1.29, 1.82) is 0 Å². The van der Waals surface area contributed by atoms with Crippen LogP contribution in [0, 0.1) is 5.82 Å². The molecular weight excluding hydrogens is 513 g/mol. The van der Waals surface area contributed by atoms with Gasteiger partial charge in [-0.1, -0.05) is 18.2 Å². The Bertz CT molecular complexity index is 1220. The summed E-state index contributed by atoms with van der Waals surface area (Å²) in [4.78, 5) is 27.7. The number of nitrogens with one attached hydrogen (secondary N) is 1. The van der Waals surface area contributed by atoms with Gasteiger partial charge in [-0.3, -0.25) is 9.62 Å². The van der Waals surface area contributed by atoms with E-state index < -0.39 is 27.4 Å². The lowest BCUT2D eigenvalue weighted by Gasteiger charge is -2.35. The average Bonchev–Trinajstić information content (AvgIpc) is 2.85. The fourth-order valence-electron chi connectivity index (χ4n) is 4.03. The van der Waals surface area contributed by atoms with E-state index in [1.54, 1.807) is 17.0 Å². The Morgan fingerprint density at radius 1 is 1.03 bits per heavy atom. The third-order valence-electron chi connectivity index (χ3n) is 5.99. The average molecular weight is 550 g/mol. The molecule has 1 saturated heterocycles. The second kappa shape index (κ2) is 12.6. The molecule has 1 heterocycles. The minimum Gasteiger partial charge on any atom is -0.465 e. The number of amides is 1. The number of aryl methyl sites for hydroxylation is 1. The first-order valence-corrected chi connectivity index (χ1v) is 14.2. The van der Waals surface area contributed by atoms with Gasteiger partial charge in [0, 0.05) is 38.4 Å². The lowest BCUT2D eigenvalue weighted by atomic mass is 10.1. The van der Waals surface area contributed by atoms with Crippen molar-refractivity contribution in [2.24, 2.45) is 0 Å². The molecule has 2 aromatic carbocycles. The summed E-state index contributed by atoms with van der Waals surface area (Å²) in [7, 11) is -2.40. The van der Waals surface area contributed by atoms with Gasteiger partial charge in [0.2, 0.25) is 10.0 Å². The van der Waals surface area contributed by atoms with E-state index in [-0.39, 0.29) is 30.3 Å². The first-order valence-electron chi connectivity index (χ1n) is 12.5. The zero-order valence-corrected chi connectivity index (χ0v) is 23.1. The molecule has 0 atom stereocenters. The van der Waals surface area contributed by atoms with Gasteiger partial charge in [0.25, 0.3) is 0 Å². The van der Waals surface area contributed by atoms with E-state index in [1.807, 2.05) is 32.9 Å². The number of methoxy groups -OCH3 is 1. The number of halogens is 1. The summed E-state index contributed by atoms with van der Waals surface area (Å²) in [5.41, 5.74) is 1.41. The molecule has 0 radical (unpaired) electrons. The van der Waals surface area contributed by atoms with E-state index in [4.69, 9.17) is 4.74 Å². The van der Waals surface area contributed by atoms with Crippen molar-refractivity contribution in [2.45, 2.75) is 45.8 Å². The van der Waals surface area contributed by atoms with Crippen molar-refractivity contribution < 1.29 is 31.9 Å². The number of anilines is 1. The van der Waals surface area contributed by atoms with Crippen LogP contribution in [0.1, 0.15) is 48.7 Å². The van der Waals surface area contributed by atoms with E-state index in [2.05, 4.69) is 14.4 Å². The molecule has 38 heavy (non-hydrogen) atoms. The smallest absolute Gasteiger partial charge is 0.410 e. The molecule has 1 aliphatic heterocycles. The van der Waals surface area contributed by atoms with Gasteiger partial charge in [-0.05, 0) is 69.0 Å². The molecule has 1 fully saturated rings. The Hall–Kier alpha value is -3.18. The summed E-state index contributed by atoms with van der Waals surface area (Å²) in [6.07, 6.45) is 0.140. The molecule has 0 aromatic heterocycles. The minimum absolute atomic E-state index is 0.106. The van der Waals surface area contributed by atoms with Crippen LogP contribution in [0.2, 0.25) is 0 Å². The van der Waals surface area contributed by atoms with Crippen LogP contribution in [0.25, 0.3) is 0 Å². The zero-order valence-electron chi connectivity index (χ0n) is 22.3. The van der Waals surface area contributed by atoms with Gasteiger partial charge in [-0.2, -0.15) is 0 Å². The van der Waals surface area contributed by atoms with Crippen LogP contribution in [-0.4, -0.2) is 74.9 Å². The molecule has 11 heteroatoms. The Morgan fingerprint density at radius 2 is 1.68 bits per heavy atom. The maximum atomic E-state index is 14.2. The standard InChI is InChI=1S/C27H36FN3O6S/c1-27(2,3)37-26(33)31-15-13-30(14-16-31)19-20-7-11-23(12-8-20)29-38(34,35)17-5-6-21-9-10-22(18-24(21)28)25(32)36-4/h7-12,18,29H,5-6,13-17,19H2,1-4H3. The van der Waals surface area contributed by atoms with Gasteiger partial charge in [-0.25, -0.2) is 22.4 Å². The lowest BCUT2D eigenvalue weighted by Crippen LogP contribution is -2.49. The molecule has 1 aliphatic rings. The number of carbonyl (C=O) groups excluding carboxylic acids is 2. The number of nitrogens with zero attached hydrogens (tertiary/aromatic N) is 2. The minimum atomic E-state index is -3.62. The third kappa shape index (κ3) is 8.98. The Labute approximate surface area is 224 Å². The van der Waals surface area contributed by atoms with E-state index in [0.29, 0.717) is 30.9 Å². The highest BCUT2D eigenvalue weighted by Gasteiger charge is 2.25. The third-order valence-corrected chi connectivity index (χ3v) is 7.36. The summed E-state index contributed by atoms with van der Waals surface area (Å²) < 4.78 is 51.8. The molecule has 0 unspecified atom stereocenters. The lowest BCUT2D eigenvalue weighted by molar-refractivity contribution is 0.0139. The molecule has 9 nitrogen and oxygen atoms in total. The first-order chi connectivity index (χ1) is 17.8. The van der Waals surface area contributed by atoms with Crippen LogP contribution in [0.5, 0.6) is 0 Å². The Balaban J connectivity index is 1.44. The van der Waals surface area contributed by atoms with Crippen LogP contribution < -0.4 is 4.72 Å². The quantitative estimate of drug-likeness (QED) is 0.471. The van der Waals surface area contributed by atoms with E-state index in [0.717, 1.165) is 24.7 Å². The molecule has 1 amide bonds. The van der Waals surface area contributed by atoms with E-state index in [1.165, 1.54) is 19.2 Å². The highest BCUT2D eigenvalue weighted by molar-refractivity contribution is 7.92. The number of hydrogen-bond acceptors (Lipinski definition) is 7. The van der Waals surface area contributed by atoms with Gasteiger partial charge in [0.15, 0.2) is 0 Å². The highest BCUT2D eigenvalue weighted by Crippen LogP contribution is 2.17. The monoisotopic (exact) mass is 549 g/mol. The second-order valence-corrected chi connectivity index (χ2v) is 12.1. The molecule has 208 valence electrons. The van der Waals surface area contributed by atoms with Crippen molar-refractivity contribution in [2.75, 3.05) is 43.8 Å². The molecule has 3 rings (SSSR count). The predicted octanol–water partition coefficient (Wildman–Crippen LogP) is 4.04. The Morgan fingerprint density at radius 3 is 2.26 bits per heavy atom. The number of rotatable bonds is 9. The summed E-state index contributed by atoms with van der Waals surface area (Å²) in [5, 5.41) is 0. The molecule has 2 aromatic rings. The summed E-state index contributed by atoms with van der Waals surface area (Å²) in [6.45, 7) is 8.86. The van der Waals surface area contributed by atoms with Gasteiger partial charge < -0.3 is 14.4 Å².